The van der Waals surface area contributed by atoms with Gasteiger partial charge in [-0.15, -0.1) is 0 Å². The molecule has 0 aromatic carbocycles. The molecule has 1 atom stereocenters. The van der Waals surface area contributed by atoms with Crippen molar-refractivity contribution in [2.24, 2.45) is 5.41 Å². The number of piperazine rings is 1. The molecule has 1 N–H and O–H groups in total. The van der Waals surface area contributed by atoms with Crippen LogP contribution in [0, 0.1) is 5.41 Å². The number of hydrogen-bond donors (Lipinski definition) is 1. The van der Waals surface area contributed by atoms with E-state index in [4.69, 9.17) is 29.4 Å². The van der Waals surface area contributed by atoms with Crippen LogP contribution in [0.2, 0.25) is 0 Å². The van der Waals surface area contributed by atoms with Gasteiger partial charge in [0.05, 0.1) is 43.4 Å². The van der Waals surface area contributed by atoms with Crippen molar-refractivity contribution < 1.29 is 27.4 Å². The maximum atomic E-state index is 14.0. The Morgan fingerprint density at radius 1 is 1.06 bits per heavy atom. The van der Waals surface area contributed by atoms with Gasteiger partial charge in [-0.2, -0.15) is 13.2 Å². The Morgan fingerprint density at radius 2 is 1.84 bits per heavy atom. The van der Waals surface area contributed by atoms with Crippen molar-refractivity contribution in [1.29, 1.82) is 0 Å². The fraction of sp³-hybridized carbons (Fsp3) is 0.556. The third kappa shape index (κ3) is 8.58. The number of fused-ring (bicyclic) bond motifs is 1. The topological polar surface area (TPSA) is 125 Å². The SMILES string of the molecule is CCOC(=O)CCN1CCN(c2cnc(-c3nc4nc(-c5cc(C6CC6)nc(C(F)(F)F)c5)cc(N(C)CC(C)(C)COC)c4[nH]3)cn2)[C@H](C)C1. The Kier molecular flexibility index (Phi) is 10.5. The summed E-state index contributed by atoms with van der Waals surface area (Å²) < 4.78 is 52.4. The largest absolute Gasteiger partial charge is 0.466 e. The highest BCUT2D eigenvalue weighted by Crippen LogP contribution is 2.42. The molecule has 0 unspecified atom stereocenters. The van der Waals surface area contributed by atoms with Gasteiger partial charge < -0.3 is 24.3 Å². The lowest BCUT2D eigenvalue weighted by molar-refractivity contribution is -0.143. The van der Waals surface area contributed by atoms with E-state index in [-0.39, 0.29) is 23.3 Å². The molecule has 2 fully saturated rings. The van der Waals surface area contributed by atoms with Crippen molar-refractivity contribution in [2.45, 2.75) is 65.1 Å². The second-order valence-corrected chi connectivity index (χ2v) is 14.4. The summed E-state index contributed by atoms with van der Waals surface area (Å²) >= 11 is 0. The summed E-state index contributed by atoms with van der Waals surface area (Å²) in [5.74, 6) is 1.02. The quantitative estimate of drug-likeness (QED) is 0.166. The molecule has 0 amide bonds. The third-order valence-electron chi connectivity index (χ3n) is 9.30. The molecule has 12 nitrogen and oxygen atoms in total. The standard InChI is InChI=1S/C36H46F3N9O3/c1-7-51-31(49)10-11-47-12-13-48(22(2)19-47)30-18-40-27(17-41-30)33-44-32-28(46(5)20-35(3,4)21-50-6)16-26(43-34(32)45-33)24-14-25(23-8-9-23)42-29(15-24)36(37,38)39/h14-18,22-23H,7-13,19-21H2,1-6H3,(H,43,44,45)/t22-/m1/s1. The minimum absolute atomic E-state index is 0.0217. The molecule has 1 aliphatic heterocycles. The highest BCUT2D eigenvalue weighted by atomic mass is 19.4. The fourth-order valence-corrected chi connectivity index (χ4v) is 6.79. The first-order chi connectivity index (χ1) is 24.2. The van der Waals surface area contributed by atoms with Crippen LogP contribution in [0.4, 0.5) is 24.7 Å². The molecule has 0 bridgehead atoms. The molecule has 5 heterocycles. The van der Waals surface area contributed by atoms with Crippen LogP contribution < -0.4 is 9.80 Å². The van der Waals surface area contributed by atoms with Gasteiger partial charge in [0.1, 0.15) is 22.7 Å². The molecule has 6 rings (SSSR count). The van der Waals surface area contributed by atoms with Crippen LogP contribution in [0.15, 0.2) is 30.6 Å². The van der Waals surface area contributed by atoms with Crippen molar-refractivity contribution >= 4 is 28.6 Å². The molecule has 1 saturated heterocycles. The number of alkyl halides is 3. The highest BCUT2D eigenvalue weighted by molar-refractivity contribution is 5.91. The van der Waals surface area contributed by atoms with E-state index in [0.717, 1.165) is 50.0 Å². The van der Waals surface area contributed by atoms with Gasteiger partial charge in [0, 0.05) is 75.5 Å². The van der Waals surface area contributed by atoms with E-state index >= 15 is 0 Å². The number of imidazole rings is 1. The van der Waals surface area contributed by atoms with Gasteiger partial charge in [0.2, 0.25) is 0 Å². The summed E-state index contributed by atoms with van der Waals surface area (Å²) in [5, 5.41) is 0. The van der Waals surface area contributed by atoms with Gasteiger partial charge in [-0.05, 0) is 44.9 Å². The first kappa shape index (κ1) is 36.4. The van der Waals surface area contributed by atoms with Crippen LogP contribution in [0.1, 0.15) is 64.3 Å². The van der Waals surface area contributed by atoms with Crippen molar-refractivity contribution in [3.05, 3.63) is 42.0 Å². The molecule has 0 radical (unpaired) electrons. The smallest absolute Gasteiger partial charge is 0.433 e. The number of aromatic nitrogens is 6. The number of rotatable bonds is 13. The molecule has 274 valence electrons. The molecule has 4 aromatic rings. The van der Waals surface area contributed by atoms with Crippen LogP contribution in [-0.2, 0) is 20.4 Å². The third-order valence-corrected chi connectivity index (χ3v) is 9.30. The number of carbonyl (C=O) groups is 1. The van der Waals surface area contributed by atoms with Gasteiger partial charge in [0.25, 0.3) is 0 Å². The molecule has 4 aromatic heterocycles. The average molecular weight is 710 g/mol. The minimum Gasteiger partial charge on any atom is -0.466 e. The van der Waals surface area contributed by atoms with Gasteiger partial charge in [-0.1, -0.05) is 13.8 Å². The van der Waals surface area contributed by atoms with E-state index in [0.29, 0.717) is 72.4 Å². The second kappa shape index (κ2) is 14.7. The predicted molar refractivity (Wildman–Crippen MR) is 189 cm³/mol. The van der Waals surface area contributed by atoms with Crippen molar-refractivity contribution in [2.75, 3.05) is 69.9 Å². The highest BCUT2D eigenvalue weighted by Gasteiger charge is 2.36. The van der Waals surface area contributed by atoms with Crippen LogP contribution in [-0.4, -0.2) is 107 Å². The predicted octanol–water partition coefficient (Wildman–Crippen LogP) is 5.95. The Labute approximate surface area is 295 Å². The molecule has 51 heavy (non-hydrogen) atoms. The number of esters is 1. The van der Waals surface area contributed by atoms with E-state index in [1.807, 2.05) is 18.0 Å². The van der Waals surface area contributed by atoms with E-state index < -0.39 is 11.9 Å². The number of halogens is 3. The fourth-order valence-electron chi connectivity index (χ4n) is 6.79. The van der Waals surface area contributed by atoms with Crippen molar-refractivity contribution in [3.8, 4) is 22.8 Å². The normalized spacial score (nSPS) is 17.3. The Bertz CT molecular complexity index is 1840. The zero-order valence-electron chi connectivity index (χ0n) is 30.0. The van der Waals surface area contributed by atoms with Gasteiger partial charge in [-0.25, -0.2) is 24.9 Å². The first-order valence-corrected chi connectivity index (χ1v) is 17.4. The van der Waals surface area contributed by atoms with Crippen LogP contribution in [0.5, 0.6) is 0 Å². The summed E-state index contributed by atoms with van der Waals surface area (Å²) in [5.41, 5.74) is 2.22. The maximum absolute atomic E-state index is 14.0. The summed E-state index contributed by atoms with van der Waals surface area (Å²) in [6, 6.07) is 4.75. The number of pyridine rings is 2. The number of nitrogens with one attached hydrogen (secondary N) is 1. The lowest BCUT2D eigenvalue weighted by Gasteiger charge is -2.40. The van der Waals surface area contributed by atoms with E-state index in [9.17, 15) is 18.0 Å². The number of ether oxygens (including phenoxy) is 2. The summed E-state index contributed by atoms with van der Waals surface area (Å²) in [7, 11) is 3.60. The molecular weight excluding hydrogens is 663 g/mol. The van der Waals surface area contributed by atoms with Crippen LogP contribution >= 0.6 is 0 Å². The van der Waals surface area contributed by atoms with Crippen LogP contribution in [0.3, 0.4) is 0 Å². The summed E-state index contributed by atoms with van der Waals surface area (Å²) in [6.07, 6.45) is 0.799. The number of aromatic amines is 1. The zero-order chi connectivity index (χ0) is 36.5. The summed E-state index contributed by atoms with van der Waals surface area (Å²) in [6.45, 7) is 12.5. The number of carbonyl (C=O) groups excluding carboxylic acids is 1. The van der Waals surface area contributed by atoms with E-state index in [2.05, 4.69) is 40.5 Å². The Morgan fingerprint density at radius 3 is 2.49 bits per heavy atom. The average Bonchev–Trinajstić information content (AvgIpc) is 3.85. The zero-order valence-corrected chi connectivity index (χ0v) is 30.0. The number of H-pyrrole nitrogens is 1. The Balaban J connectivity index is 1.30. The molecule has 1 aliphatic carbocycles. The van der Waals surface area contributed by atoms with Gasteiger partial charge in [-0.3, -0.25) is 9.69 Å². The molecule has 15 heteroatoms. The van der Waals surface area contributed by atoms with Gasteiger partial charge >= 0.3 is 12.1 Å². The number of hydrogen-bond acceptors (Lipinski definition) is 11. The number of anilines is 2. The lowest BCUT2D eigenvalue weighted by atomic mass is 9.94. The Hall–Kier alpha value is -4.37. The van der Waals surface area contributed by atoms with Crippen molar-refractivity contribution in [3.63, 3.8) is 0 Å². The van der Waals surface area contributed by atoms with Crippen molar-refractivity contribution in [1.82, 2.24) is 34.8 Å². The number of nitrogens with zero attached hydrogens (tertiary/aromatic N) is 8. The monoisotopic (exact) mass is 709 g/mol. The summed E-state index contributed by atoms with van der Waals surface area (Å²) in [4.78, 5) is 44.6. The molecule has 1 saturated carbocycles. The van der Waals surface area contributed by atoms with Gasteiger partial charge in [0.15, 0.2) is 11.5 Å². The van der Waals surface area contributed by atoms with E-state index in [1.54, 1.807) is 32.5 Å². The maximum Gasteiger partial charge on any atom is 0.433 e. The van der Waals surface area contributed by atoms with Crippen LogP contribution in [0.25, 0.3) is 33.9 Å². The number of methoxy groups -OCH3 is 1. The second-order valence-electron chi connectivity index (χ2n) is 14.4. The van der Waals surface area contributed by atoms with E-state index in [1.165, 1.54) is 0 Å². The lowest BCUT2D eigenvalue weighted by Crippen LogP contribution is -2.52. The molecular formula is C36H46F3N9O3. The molecule has 0 spiro atoms. The first-order valence-electron chi connectivity index (χ1n) is 17.4. The molecule has 2 aliphatic rings. The minimum atomic E-state index is -4.59.